The Morgan fingerprint density at radius 1 is 1.11 bits per heavy atom. The molecule has 2 aromatic heterocycles. The van der Waals surface area contributed by atoms with E-state index in [1.807, 2.05) is 23.7 Å². The van der Waals surface area contributed by atoms with Crippen LogP contribution in [0, 0.1) is 6.92 Å². The molecule has 4 heterocycles. The minimum absolute atomic E-state index is 0.0218. The van der Waals surface area contributed by atoms with Crippen molar-refractivity contribution in [3.05, 3.63) is 53.9 Å². The van der Waals surface area contributed by atoms with Crippen LogP contribution in [0.25, 0.3) is 16.6 Å². The van der Waals surface area contributed by atoms with Gasteiger partial charge in [-0.25, -0.2) is 4.52 Å². The Hall–Kier alpha value is -2.37. The number of nitrogens with zero attached hydrogens (tertiary/aromatic N) is 3. The fraction of sp³-hybridized carbons (Fsp3) is 0.435. The Kier molecular flexibility index (Phi) is 4.37. The van der Waals surface area contributed by atoms with Crippen LogP contribution in [0.4, 0.5) is 0 Å². The summed E-state index contributed by atoms with van der Waals surface area (Å²) in [6.07, 6.45) is 6.07. The van der Waals surface area contributed by atoms with Gasteiger partial charge in [-0.2, -0.15) is 10.2 Å². The third kappa shape index (κ3) is 2.99. The first-order valence-electron chi connectivity index (χ1n) is 10.3. The smallest absolute Gasteiger partial charge is 0.123 e. The molecule has 0 aliphatic carbocycles. The molecule has 0 amide bonds. The van der Waals surface area contributed by atoms with Gasteiger partial charge in [0.25, 0.3) is 0 Å². The van der Waals surface area contributed by atoms with Gasteiger partial charge in [-0.05, 0) is 62.1 Å². The van der Waals surface area contributed by atoms with Crippen molar-refractivity contribution in [1.82, 2.24) is 14.7 Å². The topological polar surface area (TPSA) is 39.0 Å². The van der Waals surface area contributed by atoms with E-state index in [0.29, 0.717) is 0 Å². The molecule has 1 fully saturated rings. The number of aryl methyl sites for hydroxylation is 2. The molecule has 146 valence electrons. The van der Waals surface area contributed by atoms with Crippen molar-refractivity contribution >= 4 is 5.52 Å². The molecule has 5 heteroatoms. The van der Waals surface area contributed by atoms with Crippen LogP contribution in [-0.2, 0) is 11.3 Å². The number of ether oxygens (including phenoxy) is 1. The normalized spacial score (nSPS) is 18.9. The van der Waals surface area contributed by atoms with Crippen molar-refractivity contribution < 1.29 is 9.57 Å². The zero-order valence-electron chi connectivity index (χ0n) is 16.6. The highest BCUT2D eigenvalue weighted by Gasteiger charge is 2.39. The molecule has 1 spiro atoms. The zero-order chi connectivity index (χ0) is 19.1. The number of hydrogen-bond acceptors (Lipinski definition) is 4. The molecule has 0 bridgehead atoms. The average Bonchev–Trinajstić information content (AvgIpc) is 3.20. The highest BCUT2D eigenvalue weighted by molar-refractivity contribution is 5.70. The number of fused-ring (bicyclic) bond motifs is 2. The summed E-state index contributed by atoms with van der Waals surface area (Å²) in [4.78, 5) is 5.66. The third-order valence-corrected chi connectivity index (χ3v) is 6.29. The third-order valence-electron chi connectivity index (χ3n) is 6.29. The van der Waals surface area contributed by atoms with Crippen LogP contribution >= 0.6 is 0 Å². The maximum absolute atomic E-state index is 6.57. The van der Waals surface area contributed by atoms with Crippen LogP contribution in [0.2, 0.25) is 0 Å². The molecule has 0 N–H and O–H groups in total. The van der Waals surface area contributed by atoms with Gasteiger partial charge in [0.05, 0.1) is 12.1 Å². The van der Waals surface area contributed by atoms with Gasteiger partial charge in [-0.1, -0.05) is 12.1 Å². The Bertz CT molecular complexity index is 1000. The molecule has 5 nitrogen and oxygen atoms in total. The van der Waals surface area contributed by atoms with Crippen LogP contribution in [0.1, 0.15) is 37.4 Å². The van der Waals surface area contributed by atoms with Gasteiger partial charge in [0.1, 0.15) is 11.4 Å². The standard InChI is InChI=1S/C23H27N3O2/c1-3-27-25-14-11-23(12-15-25)10-8-19-16-18(4-7-22(19)28-23)21-6-5-20-9-13-24-26(20)17(21)2/h4-7,9,13,16H,3,8,10-12,14-15H2,1-2H3. The molecule has 0 radical (unpaired) electrons. The molecule has 2 aliphatic rings. The Morgan fingerprint density at radius 2 is 1.96 bits per heavy atom. The van der Waals surface area contributed by atoms with Gasteiger partial charge in [-0.3, -0.25) is 4.84 Å². The fourth-order valence-electron chi connectivity index (χ4n) is 4.67. The Morgan fingerprint density at radius 3 is 2.79 bits per heavy atom. The van der Waals surface area contributed by atoms with Crippen molar-refractivity contribution in [2.24, 2.45) is 0 Å². The summed E-state index contributed by atoms with van der Waals surface area (Å²) in [6, 6.07) is 13.0. The van der Waals surface area contributed by atoms with Crippen molar-refractivity contribution in [1.29, 1.82) is 0 Å². The van der Waals surface area contributed by atoms with E-state index in [9.17, 15) is 0 Å². The minimum atomic E-state index is -0.0218. The summed E-state index contributed by atoms with van der Waals surface area (Å²) in [7, 11) is 0. The molecular formula is C23H27N3O2. The van der Waals surface area contributed by atoms with Crippen LogP contribution in [0.15, 0.2) is 42.6 Å². The van der Waals surface area contributed by atoms with Crippen molar-refractivity contribution in [2.75, 3.05) is 19.7 Å². The number of rotatable bonds is 3. The highest BCUT2D eigenvalue weighted by Crippen LogP contribution is 2.41. The van der Waals surface area contributed by atoms with Gasteiger partial charge < -0.3 is 4.74 Å². The van der Waals surface area contributed by atoms with E-state index in [4.69, 9.17) is 9.57 Å². The number of hydrogen-bond donors (Lipinski definition) is 0. The van der Waals surface area contributed by atoms with Gasteiger partial charge in [-0.15, -0.1) is 0 Å². The SMILES string of the molecule is CCON1CCC2(CCc3cc(-c4ccc5ccnn5c4C)ccc3O2)CC1. The van der Waals surface area contributed by atoms with E-state index in [1.165, 1.54) is 22.4 Å². The maximum Gasteiger partial charge on any atom is 0.123 e. The van der Waals surface area contributed by atoms with Crippen molar-refractivity contribution in [3.63, 3.8) is 0 Å². The molecule has 28 heavy (non-hydrogen) atoms. The summed E-state index contributed by atoms with van der Waals surface area (Å²) in [5.74, 6) is 1.05. The monoisotopic (exact) mass is 377 g/mol. The molecule has 1 aromatic carbocycles. The van der Waals surface area contributed by atoms with Gasteiger partial charge in [0.15, 0.2) is 0 Å². The van der Waals surface area contributed by atoms with Gasteiger partial charge in [0, 0.05) is 43.4 Å². The second kappa shape index (κ2) is 6.90. The molecule has 2 aliphatic heterocycles. The number of pyridine rings is 1. The fourth-order valence-corrected chi connectivity index (χ4v) is 4.67. The Labute approximate surface area is 165 Å². The molecule has 0 unspecified atom stereocenters. The second-order valence-corrected chi connectivity index (χ2v) is 7.95. The first-order valence-corrected chi connectivity index (χ1v) is 10.3. The predicted octanol–water partition coefficient (Wildman–Crippen LogP) is 4.42. The molecule has 3 aromatic rings. The van der Waals surface area contributed by atoms with Crippen molar-refractivity contribution in [2.45, 2.75) is 45.1 Å². The number of benzene rings is 1. The average molecular weight is 377 g/mol. The molecule has 1 saturated heterocycles. The van der Waals surface area contributed by atoms with E-state index in [1.54, 1.807) is 0 Å². The second-order valence-electron chi connectivity index (χ2n) is 7.95. The zero-order valence-corrected chi connectivity index (χ0v) is 16.6. The number of hydroxylamine groups is 2. The number of aromatic nitrogens is 2. The minimum Gasteiger partial charge on any atom is -0.487 e. The lowest BCUT2D eigenvalue weighted by molar-refractivity contribution is -0.188. The lowest BCUT2D eigenvalue weighted by Crippen LogP contribution is -2.49. The molecule has 0 atom stereocenters. The van der Waals surface area contributed by atoms with Crippen LogP contribution in [0.5, 0.6) is 5.75 Å². The lowest BCUT2D eigenvalue weighted by atomic mass is 9.83. The molecule has 5 rings (SSSR count). The maximum atomic E-state index is 6.57. The Balaban J connectivity index is 1.40. The van der Waals surface area contributed by atoms with Crippen LogP contribution in [-0.4, -0.2) is 40.0 Å². The van der Waals surface area contributed by atoms with Gasteiger partial charge >= 0.3 is 0 Å². The summed E-state index contributed by atoms with van der Waals surface area (Å²) >= 11 is 0. The summed E-state index contributed by atoms with van der Waals surface area (Å²) in [5.41, 5.74) is 6.05. The quantitative estimate of drug-likeness (QED) is 0.677. The lowest BCUT2D eigenvalue weighted by Gasteiger charge is -2.44. The largest absolute Gasteiger partial charge is 0.487 e. The summed E-state index contributed by atoms with van der Waals surface area (Å²) < 4.78 is 8.57. The van der Waals surface area contributed by atoms with E-state index < -0.39 is 0 Å². The van der Waals surface area contributed by atoms with Crippen LogP contribution < -0.4 is 4.74 Å². The molecular weight excluding hydrogens is 350 g/mol. The highest BCUT2D eigenvalue weighted by atomic mass is 16.7. The van der Waals surface area contributed by atoms with Crippen LogP contribution in [0.3, 0.4) is 0 Å². The first-order chi connectivity index (χ1) is 13.7. The van der Waals surface area contributed by atoms with Gasteiger partial charge in [0.2, 0.25) is 0 Å². The van der Waals surface area contributed by atoms with E-state index in [2.05, 4.69) is 47.4 Å². The van der Waals surface area contributed by atoms with Crippen molar-refractivity contribution in [3.8, 4) is 16.9 Å². The first kappa shape index (κ1) is 17.7. The summed E-state index contributed by atoms with van der Waals surface area (Å²) in [5, 5.41) is 6.53. The van der Waals surface area contributed by atoms with E-state index in [0.717, 1.165) is 56.6 Å². The predicted molar refractivity (Wildman–Crippen MR) is 109 cm³/mol. The number of piperidine rings is 1. The van der Waals surface area contributed by atoms with E-state index >= 15 is 0 Å². The molecule has 0 saturated carbocycles. The van der Waals surface area contributed by atoms with E-state index in [-0.39, 0.29) is 5.60 Å². The summed E-state index contributed by atoms with van der Waals surface area (Å²) in [6.45, 7) is 6.81.